The van der Waals surface area contributed by atoms with Crippen molar-refractivity contribution < 1.29 is 0 Å². The lowest BCUT2D eigenvalue weighted by Gasteiger charge is -2.28. The molecule has 2 aliphatic rings. The number of nitrogens with zero attached hydrogens (tertiary/aromatic N) is 3. The molecule has 5 nitrogen and oxygen atoms in total. The summed E-state index contributed by atoms with van der Waals surface area (Å²) in [7, 11) is 6.25. The molecule has 1 heterocycles. The van der Waals surface area contributed by atoms with Gasteiger partial charge in [-0.1, -0.05) is 122 Å². The summed E-state index contributed by atoms with van der Waals surface area (Å²) in [4.78, 5) is 6.87. The van der Waals surface area contributed by atoms with E-state index in [9.17, 15) is 0 Å². The first-order valence-electron chi connectivity index (χ1n) is 19.8. The summed E-state index contributed by atoms with van der Waals surface area (Å²) in [6, 6.07) is 45.2. The van der Waals surface area contributed by atoms with Gasteiger partial charge >= 0.3 is 0 Å². The van der Waals surface area contributed by atoms with Crippen LogP contribution in [0.15, 0.2) is 205 Å². The SMILES string of the molecule is C=C1/C=C\C(C2=CC=C(c3ccccc3N(C)c3ccc(N(C)Cc4ccccc4)c(Nc4ccccc4)c3)CC2)=C/Cc2ccccc2N1C(/C=C\NC)=C/C. The molecule has 2 N–H and O–H groups in total. The zero-order chi connectivity index (χ0) is 39.6. The Kier molecular flexibility index (Phi) is 12.4. The van der Waals surface area contributed by atoms with Crippen LogP contribution in [0.25, 0.3) is 5.57 Å². The van der Waals surface area contributed by atoms with E-state index in [-0.39, 0.29) is 0 Å². The highest BCUT2D eigenvalue weighted by atomic mass is 15.2. The molecule has 286 valence electrons. The fourth-order valence-electron chi connectivity index (χ4n) is 7.68. The topological polar surface area (TPSA) is 33.8 Å². The Morgan fingerprint density at radius 1 is 0.772 bits per heavy atom. The first-order chi connectivity index (χ1) is 27.9. The van der Waals surface area contributed by atoms with Crippen molar-refractivity contribution in [2.45, 2.75) is 32.7 Å². The summed E-state index contributed by atoms with van der Waals surface area (Å²) in [5, 5.41) is 6.86. The van der Waals surface area contributed by atoms with Crippen LogP contribution >= 0.6 is 0 Å². The van der Waals surface area contributed by atoms with Crippen molar-refractivity contribution >= 4 is 39.7 Å². The second-order valence-electron chi connectivity index (χ2n) is 14.5. The van der Waals surface area contributed by atoms with E-state index in [0.717, 1.165) is 65.6 Å². The number of anilines is 6. The molecule has 5 aromatic carbocycles. The fourth-order valence-corrected chi connectivity index (χ4v) is 7.68. The van der Waals surface area contributed by atoms with Crippen molar-refractivity contribution in [3.63, 3.8) is 0 Å². The zero-order valence-corrected chi connectivity index (χ0v) is 33.6. The molecule has 5 aromatic rings. The first-order valence-corrected chi connectivity index (χ1v) is 19.8. The maximum atomic E-state index is 4.53. The molecule has 0 aromatic heterocycles. The molecule has 5 heteroatoms. The zero-order valence-electron chi connectivity index (χ0n) is 33.6. The third-order valence-corrected chi connectivity index (χ3v) is 10.7. The normalized spacial score (nSPS) is 15.9. The van der Waals surface area contributed by atoms with Crippen LogP contribution in [0.4, 0.5) is 34.1 Å². The summed E-state index contributed by atoms with van der Waals surface area (Å²) in [6.07, 6.45) is 20.3. The molecule has 0 saturated heterocycles. The van der Waals surface area contributed by atoms with E-state index in [1.807, 2.05) is 19.3 Å². The van der Waals surface area contributed by atoms with Crippen molar-refractivity contribution in [2.75, 3.05) is 41.2 Å². The Morgan fingerprint density at radius 2 is 1.47 bits per heavy atom. The minimum atomic E-state index is 0.810. The maximum absolute atomic E-state index is 4.53. The van der Waals surface area contributed by atoms with Gasteiger partial charge in [0.15, 0.2) is 0 Å². The molecule has 0 saturated carbocycles. The highest BCUT2D eigenvalue weighted by molar-refractivity contribution is 5.85. The molecule has 1 aliphatic heterocycles. The van der Waals surface area contributed by atoms with Crippen LogP contribution in [-0.2, 0) is 13.0 Å². The number of fused-ring (bicyclic) bond motifs is 1. The van der Waals surface area contributed by atoms with Crippen molar-refractivity contribution in [3.05, 3.63) is 222 Å². The van der Waals surface area contributed by atoms with E-state index in [2.05, 4.69) is 217 Å². The molecular weight excluding hydrogens is 695 g/mol. The standard InChI is InChI=1S/C52H53N5/c1-6-46(35-36-53-3)57-39(2)25-26-41(29-32-44-19-13-15-23-50(44)57)42-27-30-43(31-28-42)48-22-14-16-24-51(48)56(5)47-33-34-52(55(4)38-40-17-9-7-10-18-40)49(37-47)54-45-20-11-8-12-21-45/h6-27,29-30,33-37,53-54H,2,28,31-32,38H2,1,3-5H3/b26-25-,36-35-,41-29+,46-6+. The highest BCUT2D eigenvalue weighted by Crippen LogP contribution is 2.40. The van der Waals surface area contributed by atoms with Gasteiger partial charge < -0.3 is 25.3 Å². The van der Waals surface area contributed by atoms with Crippen LogP contribution < -0.4 is 25.3 Å². The van der Waals surface area contributed by atoms with Gasteiger partial charge in [0.2, 0.25) is 0 Å². The fraction of sp³-hybridized carbons (Fsp3) is 0.154. The van der Waals surface area contributed by atoms with Crippen molar-refractivity contribution in [1.29, 1.82) is 0 Å². The Balaban J connectivity index is 1.17. The molecule has 7 rings (SSSR count). The lowest BCUT2D eigenvalue weighted by Crippen LogP contribution is -2.20. The number of hydrogen-bond acceptors (Lipinski definition) is 5. The van der Waals surface area contributed by atoms with Crippen LogP contribution in [0.3, 0.4) is 0 Å². The number of nitrogens with one attached hydrogen (secondary N) is 2. The average molecular weight is 748 g/mol. The molecular formula is C52H53N5. The van der Waals surface area contributed by atoms with Gasteiger partial charge in [0.25, 0.3) is 0 Å². The largest absolute Gasteiger partial charge is 0.394 e. The van der Waals surface area contributed by atoms with E-state index in [1.165, 1.54) is 39.1 Å². The number of para-hydroxylation sites is 3. The molecule has 0 fully saturated rings. The van der Waals surface area contributed by atoms with Crippen LogP contribution in [0.1, 0.15) is 36.5 Å². The van der Waals surface area contributed by atoms with Crippen molar-refractivity contribution in [3.8, 4) is 0 Å². The molecule has 0 amide bonds. The molecule has 57 heavy (non-hydrogen) atoms. The summed E-state index contributed by atoms with van der Waals surface area (Å²) in [5.41, 5.74) is 16.4. The van der Waals surface area contributed by atoms with Crippen LogP contribution in [0, 0.1) is 0 Å². The van der Waals surface area contributed by atoms with E-state index >= 15 is 0 Å². The van der Waals surface area contributed by atoms with E-state index in [4.69, 9.17) is 0 Å². The Bertz CT molecular complexity index is 2380. The summed E-state index contributed by atoms with van der Waals surface area (Å²) in [6.45, 7) is 7.41. The van der Waals surface area contributed by atoms with Gasteiger partial charge in [-0.2, -0.15) is 0 Å². The van der Waals surface area contributed by atoms with Gasteiger partial charge in [-0.05, 0) is 115 Å². The van der Waals surface area contributed by atoms with Crippen LogP contribution in [0.5, 0.6) is 0 Å². The van der Waals surface area contributed by atoms with Gasteiger partial charge in [-0.3, -0.25) is 0 Å². The molecule has 1 aliphatic carbocycles. The number of rotatable bonds is 12. The van der Waals surface area contributed by atoms with Gasteiger partial charge in [0.05, 0.1) is 11.4 Å². The van der Waals surface area contributed by atoms with Crippen LogP contribution in [0.2, 0.25) is 0 Å². The minimum absolute atomic E-state index is 0.810. The number of hydrogen-bond donors (Lipinski definition) is 2. The number of benzene rings is 5. The Hall–Kier alpha value is -6.72. The second kappa shape index (κ2) is 18.3. The van der Waals surface area contributed by atoms with E-state index in [1.54, 1.807) is 0 Å². The molecule has 0 unspecified atom stereocenters. The summed E-state index contributed by atoms with van der Waals surface area (Å²) >= 11 is 0. The second-order valence-corrected chi connectivity index (χ2v) is 14.5. The first kappa shape index (κ1) is 38.6. The quantitative estimate of drug-likeness (QED) is 0.124. The van der Waals surface area contributed by atoms with Gasteiger partial charge in [0, 0.05) is 67.4 Å². The lowest BCUT2D eigenvalue weighted by atomic mass is 9.88. The van der Waals surface area contributed by atoms with Gasteiger partial charge in [-0.25, -0.2) is 0 Å². The average Bonchev–Trinajstić information content (AvgIpc) is 3.32. The Morgan fingerprint density at radius 3 is 2.23 bits per heavy atom. The molecule has 0 spiro atoms. The third kappa shape index (κ3) is 9.06. The van der Waals surface area contributed by atoms with E-state index in [0.29, 0.717) is 0 Å². The predicted molar refractivity (Wildman–Crippen MR) is 245 cm³/mol. The predicted octanol–water partition coefficient (Wildman–Crippen LogP) is 12.6. The lowest BCUT2D eigenvalue weighted by molar-refractivity contribution is 0.924. The summed E-state index contributed by atoms with van der Waals surface area (Å²) < 4.78 is 0. The number of allylic oxidation sites excluding steroid dienone is 10. The monoisotopic (exact) mass is 747 g/mol. The molecule has 0 bridgehead atoms. The van der Waals surface area contributed by atoms with Crippen LogP contribution in [-0.4, -0.2) is 21.1 Å². The minimum Gasteiger partial charge on any atom is -0.394 e. The van der Waals surface area contributed by atoms with Gasteiger partial charge in [0.1, 0.15) is 0 Å². The maximum Gasteiger partial charge on any atom is 0.0643 e. The smallest absolute Gasteiger partial charge is 0.0643 e. The van der Waals surface area contributed by atoms with Crippen molar-refractivity contribution in [2.24, 2.45) is 0 Å². The third-order valence-electron chi connectivity index (χ3n) is 10.7. The molecule has 0 atom stereocenters. The van der Waals surface area contributed by atoms with Crippen molar-refractivity contribution in [1.82, 2.24) is 5.32 Å². The Labute approximate surface area is 339 Å². The highest BCUT2D eigenvalue weighted by Gasteiger charge is 2.20. The summed E-state index contributed by atoms with van der Waals surface area (Å²) in [5.74, 6) is 0. The van der Waals surface area contributed by atoms with Gasteiger partial charge in [-0.15, -0.1) is 0 Å². The van der Waals surface area contributed by atoms with E-state index < -0.39 is 0 Å². The molecule has 0 radical (unpaired) electrons.